The summed E-state index contributed by atoms with van der Waals surface area (Å²) < 4.78 is 1.61. The molecule has 1 heterocycles. The zero-order valence-corrected chi connectivity index (χ0v) is 15.8. The number of carbonyl (C=O) groups excluding carboxylic acids is 1. The maximum atomic E-state index is 12.2. The van der Waals surface area contributed by atoms with E-state index in [4.69, 9.17) is 5.26 Å². The lowest BCUT2D eigenvalue weighted by Crippen LogP contribution is -2.14. The average Bonchev–Trinajstić information content (AvgIpc) is 3.15. The molecule has 136 valence electrons. The molecule has 3 rings (SSSR count). The van der Waals surface area contributed by atoms with E-state index < -0.39 is 0 Å². The van der Waals surface area contributed by atoms with Crippen LogP contribution >= 0.6 is 11.8 Å². The molecule has 0 aliphatic heterocycles. The molecule has 0 radical (unpaired) electrons. The number of hydrogen-bond acceptors (Lipinski definition) is 6. The van der Waals surface area contributed by atoms with Crippen LogP contribution in [0.2, 0.25) is 0 Å². The highest BCUT2D eigenvalue weighted by Crippen LogP contribution is 2.21. The molecule has 0 saturated heterocycles. The smallest absolute Gasteiger partial charge is 0.234 e. The van der Waals surface area contributed by atoms with Crippen molar-refractivity contribution in [2.45, 2.75) is 24.9 Å². The first-order valence-electron chi connectivity index (χ1n) is 8.38. The lowest BCUT2D eigenvalue weighted by atomic mass is 10.0. The molecule has 0 unspecified atom stereocenters. The lowest BCUT2D eigenvalue weighted by molar-refractivity contribution is -0.113. The van der Waals surface area contributed by atoms with Crippen LogP contribution in [0, 0.1) is 11.3 Å². The Morgan fingerprint density at radius 2 is 2.04 bits per heavy atom. The molecule has 0 aliphatic rings. The average molecular weight is 378 g/mol. The summed E-state index contributed by atoms with van der Waals surface area (Å²) in [5, 5.41) is 23.9. The van der Waals surface area contributed by atoms with E-state index in [-0.39, 0.29) is 11.7 Å². The number of hydrogen-bond donors (Lipinski definition) is 1. The quantitative estimate of drug-likeness (QED) is 0.661. The normalized spacial score (nSPS) is 10.6. The molecule has 0 aliphatic carbocycles. The molecule has 7 nitrogen and oxygen atoms in total. The number of carbonyl (C=O) groups is 1. The Hall–Kier alpha value is -3.18. The third-order valence-corrected chi connectivity index (χ3v) is 4.77. The van der Waals surface area contributed by atoms with Crippen molar-refractivity contribution in [2.24, 2.45) is 0 Å². The molecule has 8 heteroatoms. The first-order valence-corrected chi connectivity index (χ1v) is 9.37. The Morgan fingerprint density at radius 3 is 2.74 bits per heavy atom. The molecule has 0 spiro atoms. The fourth-order valence-electron chi connectivity index (χ4n) is 2.43. The van der Waals surface area contributed by atoms with Crippen molar-refractivity contribution in [3.05, 3.63) is 59.7 Å². The van der Waals surface area contributed by atoms with E-state index in [0.717, 1.165) is 5.69 Å². The minimum atomic E-state index is -0.195. The molecule has 3 aromatic rings. The van der Waals surface area contributed by atoms with Crippen LogP contribution in [0.5, 0.6) is 0 Å². The lowest BCUT2D eigenvalue weighted by Gasteiger charge is -2.08. The van der Waals surface area contributed by atoms with Gasteiger partial charge in [0.25, 0.3) is 0 Å². The monoisotopic (exact) mass is 378 g/mol. The number of nitriles is 1. The van der Waals surface area contributed by atoms with Crippen molar-refractivity contribution in [3.8, 4) is 11.8 Å². The molecular weight excluding hydrogens is 360 g/mol. The van der Waals surface area contributed by atoms with E-state index in [0.29, 0.717) is 22.3 Å². The van der Waals surface area contributed by atoms with Gasteiger partial charge in [0.2, 0.25) is 11.1 Å². The predicted octanol–water partition coefficient (Wildman–Crippen LogP) is 3.39. The number of benzene rings is 2. The highest BCUT2D eigenvalue weighted by molar-refractivity contribution is 7.99. The van der Waals surface area contributed by atoms with Crippen molar-refractivity contribution < 1.29 is 4.79 Å². The van der Waals surface area contributed by atoms with Crippen molar-refractivity contribution >= 4 is 23.4 Å². The fourth-order valence-corrected chi connectivity index (χ4v) is 3.12. The number of amides is 1. The summed E-state index contributed by atoms with van der Waals surface area (Å²) in [5.41, 5.74) is 3.16. The Bertz CT molecular complexity index is 974. The molecule has 27 heavy (non-hydrogen) atoms. The second-order valence-corrected chi connectivity index (χ2v) is 7.09. The van der Waals surface area contributed by atoms with Gasteiger partial charge in [0.1, 0.15) is 0 Å². The number of tetrazole rings is 1. The topological polar surface area (TPSA) is 96.5 Å². The number of aromatic nitrogens is 4. The summed E-state index contributed by atoms with van der Waals surface area (Å²) in [7, 11) is 0. The van der Waals surface area contributed by atoms with E-state index in [1.54, 1.807) is 28.9 Å². The van der Waals surface area contributed by atoms with Crippen LogP contribution in [0.25, 0.3) is 5.69 Å². The zero-order valence-electron chi connectivity index (χ0n) is 15.0. The van der Waals surface area contributed by atoms with Gasteiger partial charge in [-0.2, -0.15) is 9.94 Å². The van der Waals surface area contributed by atoms with Crippen LogP contribution in [0.4, 0.5) is 5.69 Å². The van der Waals surface area contributed by atoms with E-state index in [1.807, 2.05) is 30.3 Å². The Kier molecular flexibility index (Phi) is 5.84. The second kappa shape index (κ2) is 8.47. The van der Waals surface area contributed by atoms with Crippen LogP contribution in [0.15, 0.2) is 53.7 Å². The van der Waals surface area contributed by atoms with Gasteiger partial charge < -0.3 is 5.32 Å². The van der Waals surface area contributed by atoms with Crippen molar-refractivity contribution in [1.82, 2.24) is 20.2 Å². The van der Waals surface area contributed by atoms with Gasteiger partial charge in [-0.3, -0.25) is 4.79 Å². The molecule has 1 aromatic heterocycles. The van der Waals surface area contributed by atoms with Gasteiger partial charge in [-0.05, 0) is 52.2 Å². The maximum Gasteiger partial charge on any atom is 0.234 e. The number of thioether (sulfide) groups is 1. The number of nitrogens with one attached hydrogen (secondary N) is 1. The van der Waals surface area contributed by atoms with Crippen molar-refractivity contribution in [1.29, 1.82) is 5.26 Å². The third-order valence-electron chi connectivity index (χ3n) is 3.85. The summed E-state index contributed by atoms with van der Waals surface area (Å²) in [5.74, 6) is 0.408. The Morgan fingerprint density at radius 1 is 1.26 bits per heavy atom. The first-order chi connectivity index (χ1) is 13.1. The predicted molar refractivity (Wildman–Crippen MR) is 104 cm³/mol. The molecule has 0 bridgehead atoms. The van der Waals surface area contributed by atoms with E-state index in [2.05, 4.69) is 34.7 Å². The summed E-state index contributed by atoms with van der Waals surface area (Å²) >= 11 is 1.25. The molecule has 2 aromatic carbocycles. The summed E-state index contributed by atoms with van der Waals surface area (Å²) in [6.07, 6.45) is 0. The molecule has 0 atom stereocenters. The van der Waals surface area contributed by atoms with Crippen LogP contribution in [0.3, 0.4) is 0 Å². The maximum absolute atomic E-state index is 12.2. The molecule has 0 saturated carbocycles. The molecule has 1 amide bonds. The van der Waals surface area contributed by atoms with Crippen molar-refractivity contribution in [3.63, 3.8) is 0 Å². The van der Waals surface area contributed by atoms with Crippen molar-refractivity contribution in [2.75, 3.05) is 11.1 Å². The van der Waals surface area contributed by atoms with E-state index in [1.165, 1.54) is 17.3 Å². The van der Waals surface area contributed by atoms with Crippen LogP contribution in [0.1, 0.15) is 30.9 Å². The molecular formula is C19H18N6OS. The second-order valence-electron chi connectivity index (χ2n) is 6.15. The number of rotatable bonds is 6. The molecule has 1 N–H and O–H groups in total. The summed E-state index contributed by atoms with van der Waals surface area (Å²) in [4.78, 5) is 12.2. The van der Waals surface area contributed by atoms with Crippen LogP contribution in [-0.4, -0.2) is 31.9 Å². The summed E-state index contributed by atoms with van der Waals surface area (Å²) in [6, 6.07) is 16.8. The van der Waals surface area contributed by atoms with Gasteiger partial charge in [-0.15, -0.1) is 5.10 Å². The number of nitrogens with zero attached hydrogens (tertiary/aromatic N) is 5. The highest BCUT2D eigenvalue weighted by Gasteiger charge is 2.12. The van der Waals surface area contributed by atoms with E-state index >= 15 is 0 Å². The summed E-state index contributed by atoms with van der Waals surface area (Å²) in [6.45, 7) is 4.27. The first kappa shape index (κ1) is 18.6. The number of anilines is 1. The van der Waals surface area contributed by atoms with Crippen LogP contribution < -0.4 is 5.32 Å². The largest absolute Gasteiger partial charge is 0.325 e. The molecule has 0 fully saturated rings. The Balaban J connectivity index is 1.64. The van der Waals surface area contributed by atoms with Gasteiger partial charge in [0.05, 0.1) is 23.1 Å². The van der Waals surface area contributed by atoms with Gasteiger partial charge in [0.15, 0.2) is 0 Å². The minimum absolute atomic E-state index is 0.154. The zero-order chi connectivity index (χ0) is 19.2. The minimum Gasteiger partial charge on any atom is -0.325 e. The highest BCUT2D eigenvalue weighted by atomic mass is 32.2. The van der Waals surface area contributed by atoms with Gasteiger partial charge in [-0.1, -0.05) is 43.8 Å². The van der Waals surface area contributed by atoms with Crippen LogP contribution in [-0.2, 0) is 4.79 Å². The van der Waals surface area contributed by atoms with E-state index in [9.17, 15) is 4.79 Å². The SMILES string of the molecule is CC(C)c1ccc(-n2nnnc2SCC(=O)Nc2cccc(C#N)c2)cc1. The van der Waals surface area contributed by atoms with Gasteiger partial charge in [-0.25, -0.2) is 0 Å². The third kappa shape index (κ3) is 4.71. The Labute approximate surface area is 161 Å². The van der Waals surface area contributed by atoms with Gasteiger partial charge in [0, 0.05) is 5.69 Å². The van der Waals surface area contributed by atoms with Gasteiger partial charge >= 0.3 is 0 Å². The fraction of sp³-hybridized carbons (Fsp3) is 0.211. The standard InChI is InChI=1S/C19H18N6OS/c1-13(2)15-6-8-17(9-7-15)25-19(22-23-24-25)27-12-18(26)21-16-5-3-4-14(10-16)11-20/h3-10,13H,12H2,1-2H3,(H,21,26).